The monoisotopic (exact) mass is 264 g/mol. The van der Waals surface area contributed by atoms with Crippen LogP contribution < -0.4 is 10.4 Å². The predicted octanol–water partition coefficient (Wildman–Crippen LogP) is 1.35. The van der Waals surface area contributed by atoms with Crippen molar-refractivity contribution in [2.75, 3.05) is 38.3 Å². The van der Waals surface area contributed by atoms with Gasteiger partial charge in [-0.1, -0.05) is 6.07 Å². The van der Waals surface area contributed by atoms with Crippen molar-refractivity contribution < 1.29 is 5.21 Å². The summed E-state index contributed by atoms with van der Waals surface area (Å²) in [6, 6.07) is 6.17. The number of pyridine rings is 1. The Morgan fingerprint density at radius 3 is 2.89 bits per heavy atom. The largest absolute Gasteiger partial charge is 0.314 e. The second-order valence-electron chi connectivity index (χ2n) is 5.20. The quantitative estimate of drug-likeness (QED) is 0.600. The number of likely N-dealkylation sites (tertiary alicyclic amines) is 1. The summed E-state index contributed by atoms with van der Waals surface area (Å²) >= 11 is 0. The van der Waals surface area contributed by atoms with Crippen molar-refractivity contribution in [2.45, 2.75) is 25.3 Å². The molecule has 2 heterocycles. The van der Waals surface area contributed by atoms with Crippen molar-refractivity contribution >= 4 is 5.82 Å². The molecule has 106 valence electrons. The third-order valence-electron chi connectivity index (χ3n) is 3.61. The number of nitrogens with zero attached hydrogens (tertiary/aromatic N) is 3. The van der Waals surface area contributed by atoms with E-state index in [4.69, 9.17) is 0 Å². The van der Waals surface area contributed by atoms with Crippen LogP contribution in [-0.4, -0.2) is 54.4 Å². The first kappa shape index (κ1) is 14.2. The van der Waals surface area contributed by atoms with E-state index < -0.39 is 0 Å². The van der Waals surface area contributed by atoms with Crippen molar-refractivity contribution in [3.8, 4) is 0 Å². The summed E-state index contributed by atoms with van der Waals surface area (Å²) in [5.41, 5.74) is 0. The number of piperidine rings is 1. The van der Waals surface area contributed by atoms with Crippen LogP contribution in [-0.2, 0) is 0 Å². The zero-order chi connectivity index (χ0) is 13.5. The second kappa shape index (κ2) is 7.43. The van der Waals surface area contributed by atoms with Gasteiger partial charge in [-0.25, -0.2) is 10.0 Å². The maximum Gasteiger partial charge on any atom is 0.152 e. The van der Waals surface area contributed by atoms with Gasteiger partial charge in [0.15, 0.2) is 5.82 Å². The molecule has 0 aliphatic carbocycles. The lowest BCUT2D eigenvalue weighted by Gasteiger charge is -2.29. The Morgan fingerprint density at radius 2 is 2.21 bits per heavy atom. The molecule has 19 heavy (non-hydrogen) atoms. The van der Waals surface area contributed by atoms with E-state index in [1.165, 1.54) is 31.0 Å². The molecule has 0 aromatic carbocycles. The lowest BCUT2D eigenvalue weighted by atomic mass is 10.1. The van der Waals surface area contributed by atoms with Crippen molar-refractivity contribution in [1.82, 2.24) is 15.2 Å². The minimum atomic E-state index is 0.608. The van der Waals surface area contributed by atoms with Crippen LogP contribution in [0.15, 0.2) is 24.4 Å². The molecule has 1 aliphatic heterocycles. The summed E-state index contributed by atoms with van der Waals surface area (Å²) in [6.45, 7) is 3.91. The zero-order valence-electron chi connectivity index (χ0n) is 11.6. The topological polar surface area (TPSA) is 51.6 Å². The van der Waals surface area contributed by atoms with Gasteiger partial charge in [-0.15, -0.1) is 0 Å². The van der Waals surface area contributed by atoms with E-state index in [0.717, 1.165) is 13.0 Å². The van der Waals surface area contributed by atoms with Crippen LogP contribution in [0.1, 0.15) is 19.3 Å². The Morgan fingerprint density at radius 1 is 1.42 bits per heavy atom. The van der Waals surface area contributed by atoms with Gasteiger partial charge in [0.1, 0.15) is 0 Å². The van der Waals surface area contributed by atoms with Gasteiger partial charge in [-0.05, 0) is 58.1 Å². The van der Waals surface area contributed by atoms with E-state index in [2.05, 4.69) is 22.2 Å². The number of hydroxylamine groups is 1. The molecule has 0 saturated carbocycles. The van der Waals surface area contributed by atoms with E-state index in [1.54, 1.807) is 6.20 Å². The van der Waals surface area contributed by atoms with Crippen LogP contribution in [0.4, 0.5) is 5.82 Å². The summed E-state index contributed by atoms with van der Waals surface area (Å²) in [4.78, 5) is 6.48. The van der Waals surface area contributed by atoms with Gasteiger partial charge in [0.2, 0.25) is 0 Å². The molecule has 1 saturated heterocycles. The molecule has 0 atom stereocenters. The second-order valence-corrected chi connectivity index (χ2v) is 5.20. The molecule has 1 fully saturated rings. The lowest BCUT2D eigenvalue weighted by Crippen LogP contribution is -2.41. The number of aromatic nitrogens is 1. The Kier molecular flexibility index (Phi) is 5.57. The molecule has 1 aliphatic rings. The minimum Gasteiger partial charge on any atom is -0.314 e. The first-order valence-electron chi connectivity index (χ1n) is 7.05. The first-order chi connectivity index (χ1) is 9.25. The summed E-state index contributed by atoms with van der Waals surface area (Å²) in [5, 5.41) is 14.6. The molecule has 2 N–H and O–H groups in total. The maximum absolute atomic E-state index is 9.83. The standard InChI is InChI=1S/C14H24N4O/c1-17-11-6-13(7-12-17)15-9-4-10-18(19)14-5-2-3-8-16-14/h2-3,5,8,13,15,19H,4,6-7,9-12H2,1H3. The third kappa shape index (κ3) is 4.78. The normalized spacial score (nSPS) is 17.6. The highest BCUT2D eigenvalue weighted by Crippen LogP contribution is 2.09. The lowest BCUT2D eigenvalue weighted by molar-refractivity contribution is 0.228. The van der Waals surface area contributed by atoms with Crippen LogP contribution in [0.3, 0.4) is 0 Å². The molecule has 0 amide bonds. The Bertz CT molecular complexity index is 352. The summed E-state index contributed by atoms with van der Waals surface area (Å²) in [7, 11) is 2.17. The zero-order valence-corrected chi connectivity index (χ0v) is 11.6. The van der Waals surface area contributed by atoms with Crippen LogP contribution in [0.5, 0.6) is 0 Å². The van der Waals surface area contributed by atoms with Crippen molar-refractivity contribution in [1.29, 1.82) is 0 Å². The molecule has 0 unspecified atom stereocenters. The number of hydrogen-bond donors (Lipinski definition) is 2. The summed E-state index contributed by atoms with van der Waals surface area (Å²) in [6.07, 6.45) is 5.05. The average molecular weight is 264 g/mol. The Balaban J connectivity index is 1.59. The number of nitrogens with one attached hydrogen (secondary N) is 1. The Hall–Kier alpha value is -1.17. The van der Waals surface area contributed by atoms with Gasteiger partial charge in [0, 0.05) is 18.8 Å². The van der Waals surface area contributed by atoms with Crippen LogP contribution in [0.2, 0.25) is 0 Å². The highest BCUT2D eigenvalue weighted by molar-refractivity contribution is 5.33. The van der Waals surface area contributed by atoms with Crippen molar-refractivity contribution in [3.05, 3.63) is 24.4 Å². The molecule has 5 nitrogen and oxygen atoms in total. The van der Waals surface area contributed by atoms with Gasteiger partial charge < -0.3 is 10.2 Å². The van der Waals surface area contributed by atoms with E-state index in [9.17, 15) is 5.21 Å². The Labute approximate surface area is 115 Å². The smallest absolute Gasteiger partial charge is 0.152 e. The van der Waals surface area contributed by atoms with Gasteiger partial charge in [0.05, 0.1) is 0 Å². The fourth-order valence-corrected chi connectivity index (χ4v) is 2.37. The molecule has 0 radical (unpaired) electrons. The highest BCUT2D eigenvalue weighted by atomic mass is 16.5. The molecule has 1 aromatic heterocycles. The molecule has 2 rings (SSSR count). The first-order valence-corrected chi connectivity index (χ1v) is 7.05. The van der Waals surface area contributed by atoms with Crippen molar-refractivity contribution in [3.63, 3.8) is 0 Å². The average Bonchev–Trinajstić information content (AvgIpc) is 2.46. The number of rotatable bonds is 6. The number of hydrogen-bond acceptors (Lipinski definition) is 5. The molecule has 0 spiro atoms. The van der Waals surface area contributed by atoms with Gasteiger partial charge in [-0.2, -0.15) is 0 Å². The molecule has 1 aromatic rings. The molecule has 5 heteroatoms. The maximum atomic E-state index is 9.83. The molecular weight excluding hydrogens is 240 g/mol. The number of anilines is 1. The fourth-order valence-electron chi connectivity index (χ4n) is 2.37. The molecular formula is C14H24N4O. The van der Waals surface area contributed by atoms with E-state index >= 15 is 0 Å². The van der Waals surface area contributed by atoms with Crippen LogP contribution >= 0.6 is 0 Å². The summed E-state index contributed by atoms with van der Waals surface area (Å²) < 4.78 is 0. The van der Waals surface area contributed by atoms with E-state index in [-0.39, 0.29) is 0 Å². The van der Waals surface area contributed by atoms with E-state index in [0.29, 0.717) is 18.4 Å². The van der Waals surface area contributed by atoms with Gasteiger partial charge in [-0.3, -0.25) is 5.21 Å². The van der Waals surface area contributed by atoms with Crippen molar-refractivity contribution in [2.24, 2.45) is 0 Å². The molecule has 0 bridgehead atoms. The third-order valence-corrected chi connectivity index (χ3v) is 3.61. The fraction of sp³-hybridized carbons (Fsp3) is 0.643. The van der Waals surface area contributed by atoms with Gasteiger partial charge in [0.25, 0.3) is 0 Å². The minimum absolute atomic E-state index is 0.608. The SMILES string of the molecule is CN1CCC(NCCCN(O)c2ccccn2)CC1. The predicted molar refractivity (Wildman–Crippen MR) is 76.5 cm³/mol. The summed E-state index contributed by atoms with van der Waals surface area (Å²) in [5.74, 6) is 0.613. The van der Waals surface area contributed by atoms with Crippen LogP contribution in [0.25, 0.3) is 0 Å². The van der Waals surface area contributed by atoms with Crippen LogP contribution in [0, 0.1) is 0 Å². The van der Waals surface area contributed by atoms with Gasteiger partial charge >= 0.3 is 0 Å². The highest BCUT2D eigenvalue weighted by Gasteiger charge is 2.15. The van der Waals surface area contributed by atoms with E-state index in [1.807, 2.05) is 18.2 Å².